The molecule has 0 aliphatic heterocycles. The number of carboxylic acid groups (broad SMARTS) is 1. The summed E-state index contributed by atoms with van der Waals surface area (Å²) in [6.07, 6.45) is 0.944. The molecule has 0 saturated heterocycles. The van der Waals surface area contributed by atoms with Crippen LogP contribution in [-0.4, -0.2) is 37.2 Å². The first-order chi connectivity index (χ1) is 8.54. The standard InChI is InChI=1S/C13H17NO4/c1-3-10-4-6-11(7-5-10)14(2)12(15)8-18-9-13(16)17/h4-7H,3,8-9H2,1-2H3,(H,16,17). The highest BCUT2D eigenvalue weighted by Gasteiger charge is 2.11. The van der Waals surface area contributed by atoms with Gasteiger partial charge < -0.3 is 14.7 Å². The van der Waals surface area contributed by atoms with E-state index in [-0.39, 0.29) is 12.5 Å². The first kappa shape index (κ1) is 14.2. The van der Waals surface area contributed by atoms with E-state index in [4.69, 9.17) is 9.84 Å². The summed E-state index contributed by atoms with van der Waals surface area (Å²) >= 11 is 0. The van der Waals surface area contributed by atoms with Crippen LogP contribution < -0.4 is 4.90 Å². The number of rotatable bonds is 6. The van der Waals surface area contributed by atoms with Gasteiger partial charge in [0.2, 0.25) is 0 Å². The Labute approximate surface area is 106 Å². The number of hydrogen-bond acceptors (Lipinski definition) is 3. The monoisotopic (exact) mass is 251 g/mol. The molecule has 0 spiro atoms. The maximum absolute atomic E-state index is 11.7. The van der Waals surface area contributed by atoms with Crippen molar-refractivity contribution in [2.45, 2.75) is 13.3 Å². The molecule has 1 amide bonds. The molecule has 0 aliphatic carbocycles. The Morgan fingerprint density at radius 2 is 1.83 bits per heavy atom. The highest BCUT2D eigenvalue weighted by Crippen LogP contribution is 2.14. The van der Waals surface area contributed by atoms with Crippen molar-refractivity contribution in [3.8, 4) is 0 Å². The summed E-state index contributed by atoms with van der Waals surface area (Å²) < 4.78 is 4.75. The van der Waals surface area contributed by atoms with E-state index in [9.17, 15) is 9.59 Å². The average molecular weight is 251 g/mol. The fourth-order valence-corrected chi connectivity index (χ4v) is 1.42. The second-order valence-electron chi connectivity index (χ2n) is 3.86. The number of carboxylic acids is 1. The molecule has 98 valence electrons. The van der Waals surface area contributed by atoms with Crippen LogP contribution in [0.1, 0.15) is 12.5 Å². The molecule has 18 heavy (non-hydrogen) atoms. The number of nitrogens with zero attached hydrogens (tertiary/aromatic N) is 1. The smallest absolute Gasteiger partial charge is 0.329 e. The van der Waals surface area contributed by atoms with Gasteiger partial charge in [0.1, 0.15) is 13.2 Å². The van der Waals surface area contributed by atoms with Crippen molar-refractivity contribution >= 4 is 17.6 Å². The first-order valence-electron chi connectivity index (χ1n) is 5.69. The van der Waals surface area contributed by atoms with Crippen LogP contribution in [0.2, 0.25) is 0 Å². The van der Waals surface area contributed by atoms with Gasteiger partial charge in [-0.2, -0.15) is 0 Å². The molecule has 1 N–H and O–H groups in total. The van der Waals surface area contributed by atoms with Gasteiger partial charge in [-0.1, -0.05) is 19.1 Å². The zero-order valence-electron chi connectivity index (χ0n) is 10.5. The summed E-state index contributed by atoms with van der Waals surface area (Å²) in [7, 11) is 1.63. The van der Waals surface area contributed by atoms with E-state index < -0.39 is 12.6 Å². The van der Waals surface area contributed by atoms with Crippen molar-refractivity contribution in [3.05, 3.63) is 29.8 Å². The Hall–Kier alpha value is -1.88. The maximum Gasteiger partial charge on any atom is 0.329 e. The summed E-state index contributed by atoms with van der Waals surface area (Å²) in [6.45, 7) is 1.36. The third-order valence-electron chi connectivity index (χ3n) is 2.56. The van der Waals surface area contributed by atoms with Crippen LogP contribution >= 0.6 is 0 Å². The van der Waals surface area contributed by atoms with Crippen LogP contribution in [0.4, 0.5) is 5.69 Å². The molecular formula is C13H17NO4. The van der Waals surface area contributed by atoms with E-state index in [0.717, 1.165) is 12.1 Å². The second-order valence-corrected chi connectivity index (χ2v) is 3.86. The number of aliphatic carboxylic acids is 1. The molecule has 0 radical (unpaired) electrons. The normalized spacial score (nSPS) is 10.1. The van der Waals surface area contributed by atoms with Crippen molar-refractivity contribution in [1.82, 2.24) is 0 Å². The average Bonchev–Trinajstić information content (AvgIpc) is 2.37. The van der Waals surface area contributed by atoms with Crippen LogP contribution in [0.15, 0.2) is 24.3 Å². The van der Waals surface area contributed by atoms with Crippen LogP contribution in [0.25, 0.3) is 0 Å². The number of carbonyl (C=O) groups excluding carboxylic acids is 1. The number of likely N-dealkylation sites (N-methyl/N-ethyl adjacent to an activating group) is 1. The van der Waals surface area contributed by atoms with Crippen LogP contribution in [-0.2, 0) is 20.7 Å². The lowest BCUT2D eigenvalue weighted by Gasteiger charge is -2.17. The molecule has 0 aromatic heterocycles. The minimum Gasteiger partial charge on any atom is -0.480 e. The zero-order valence-corrected chi connectivity index (χ0v) is 10.5. The highest BCUT2D eigenvalue weighted by atomic mass is 16.5. The van der Waals surface area contributed by atoms with E-state index in [1.54, 1.807) is 7.05 Å². The first-order valence-corrected chi connectivity index (χ1v) is 5.69. The van der Waals surface area contributed by atoms with Gasteiger partial charge in [0, 0.05) is 12.7 Å². The van der Waals surface area contributed by atoms with Crippen molar-refractivity contribution < 1.29 is 19.4 Å². The van der Waals surface area contributed by atoms with E-state index in [1.807, 2.05) is 24.3 Å². The molecule has 1 aromatic carbocycles. The summed E-state index contributed by atoms with van der Waals surface area (Å²) in [5.74, 6) is -1.36. The molecule has 0 saturated carbocycles. The summed E-state index contributed by atoms with van der Waals surface area (Å²) in [4.78, 5) is 23.4. The van der Waals surface area contributed by atoms with Crippen molar-refractivity contribution in [3.63, 3.8) is 0 Å². The lowest BCUT2D eigenvalue weighted by atomic mass is 10.1. The summed E-state index contributed by atoms with van der Waals surface area (Å²) in [6, 6.07) is 7.62. The van der Waals surface area contributed by atoms with Crippen molar-refractivity contribution in [1.29, 1.82) is 0 Å². The molecule has 1 aromatic rings. The molecular weight excluding hydrogens is 234 g/mol. The zero-order chi connectivity index (χ0) is 13.5. The van der Waals surface area contributed by atoms with Gasteiger partial charge in [-0.3, -0.25) is 4.79 Å². The Morgan fingerprint density at radius 3 is 2.33 bits per heavy atom. The molecule has 0 unspecified atom stereocenters. The van der Waals surface area contributed by atoms with Gasteiger partial charge in [-0.25, -0.2) is 4.79 Å². The Kier molecular flexibility index (Phi) is 5.32. The third kappa shape index (κ3) is 4.18. The van der Waals surface area contributed by atoms with E-state index >= 15 is 0 Å². The number of amides is 1. The van der Waals surface area contributed by atoms with Crippen molar-refractivity contribution in [2.75, 3.05) is 25.2 Å². The van der Waals surface area contributed by atoms with Crippen molar-refractivity contribution in [2.24, 2.45) is 0 Å². The summed E-state index contributed by atoms with van der Waals surface area (Å²) in [5.41, 5.74) is 1.96. The number of aryl methyl sites for hydroxylation is 1. The largest absolute Gasteiger partial charge is 0.480 e. The molecule has 0 aliphatic rings. The van der Waals surface area contributed by atoms with E-state index in [1.165, 1.54) is 10.5 Å². The number of carbonyl (C=O) groups is 2. The molecule has 0 fully saturated rings. The topological polar surface area (TPSA) is 66.8 Å². The maximum atomic E-state index is 11.7. The van der Waals surface area contributed by atoms with Crippen LogP contribution in [0.3, 0.4) is 0 Å². The molecule has 0 heterocycles. The lowest BCUT2D eigenvalue weighted by molar-refractivity contribution is -0.143. The molecule has 1 rings (SSSR count). The number of benzene rings is 1. The van der Waals surface area contributed by atoms with Gasteiger partial charge in [-0.05, 0) is 24.1 Å². The predicted octanol–water partition coefficient (Wildman–Crippen LogP) is 1.31. The van der Waals surface area contributed by atoms with Gasteiger partial charge in [-0.15, -0.1) is 0 Å². The second kappa shape index (κ2) is 6.76. The van der Waals surface area contributed by atoms with Gasteiger partial charge in [0.25, 0.3) is 5.91 Å². The quantitative estimate of drug-likeness (QED) is 0.827. The van der Waals surface area contributed by atoms with E-state index in [2.05, 4.69) is 6.92 Å². The minimum absolute atomic E-state index is 0.238. The van der Waals surface area contributed by atoms with Gasteiger partial charge in [0.15, 0.2) is 0 Å². The molecule has 0 atom stereocenters. The fraction of sp³-hybridized carbons (Fsp3) is 0.385. The van der Waals surface area contributed by atoms with Crippen LogP contribution in [0.5, 0.6) is 0 Å². The fourth-order valence-electron chi connectivity index (χ4n) is 1.42. The third-order valence-corrected chi connectivity index (χ3v) is 2.56. The highest BCUT2D eigenvalue weighted by molar-refractivity contribution is 5.93. The number of hydrogen-bond donors (Lipinski definition) is 1. The Balaban J connectivity index is 2.54. The molecule has 0 bridgehead atoms. The number of anilines is 1. The van der Waals surface area contributed by atoms with Gasteiger partial charge >= 0.3 is 5.97 Å². The predicted molar refractivity (Wildman–Crippen MR) is 67.7 cm³/mol. The minimum atomic E-state index is -1.09. The van der Waals surface area contributed by atoms with Gasteiger partial charge in [0.05, 0.1) is 0 Å². The lowest BCUT2D eigenvalue weighted by Crippen LogP contribution is -2.30. The molecule has 5 nitrogen and oxygen atoms in total. The van der Waals surface area contributed by atoms with Crippen LogP contribution in [0, 0.1) is 0 Å². The summed E-state index contributed by atoms with van der Waals surface area (Å²) in [5, 5.41) is 8.39. The number of ether oxygens (including phenoxy) is 1. The Bertz CT molecular complexity index is 414. The Morgan fingerprint density at radius 1 is 1.22 bits per heavy atom. The molecule has 5 heteroatoms. The van der Waals surface area contributed by atoms with E-state index in [0.29, 0.717) is 0 Å². The SMILES string of the molecule is CCc1ccc(N(C)C(=O)COCC(=O)O)cc1.